The Labute approximate surface area is 201 Å². The summed E-state index contributed by atoms with van der Waals surface area (Å²) in [6.07, 6.45) is 4.63. The van der Waals surface area contributed by atoms with Gasteiger partial charge in [0.15, 0.2) is 6.61 Å². The second kappa shape index (κ2) is 11.8. The number of anilines is 1. The first-order chi connectivity index (χ1) is 16.2. The van der Waals surface area contributed by atoms with Gasteiger partial charge in [0, 0.05) is 24.6 Å². The third-order valence-electron chi connectivity index (χ3n) is 4.91. The molecule has 2 N–H and O–H groups in total. The molecular weight excluding hydrogens is 456 g/mol. The van der Waals surface area contributed by atoms with Crippen LogP contribution in [0.15, 0.2) is 67.0 Å². The lowest BCUT2D eigenvalue weighted by molar-refractivity contribution is -0.123. The molecule has 0 spiro atoms. The van der Waals surface area contributed by atoms with Gasteiger partial charge < -0.3 is 15.4 Å². The highest BCUT2D eigenvalue weighted by atomic mass is 32.2. The van der Waals surface area contributed by atoms with Crippen molar-refractivity contribution in [3.05, 3.63) is 78.1 Å². The maximum Gasteiger partial charge on any atom is 0.258 e. The highest BCUT2D eigenvalue weighted by Gasteiger charge is 2.16. The maximum atomic E-state index is 12.2. The van der Waals surface area contributed by atoms with Crippen LogP contribution in [0.4, 0.5) is 5.69 Å². The van der Waals surface area contributed by atoms with E-state index in [0.29, 0.717) is 22.6 Å². The lowest BCUT2D eigenvalue weighted by atomic mass is 10.2. The van der Waals surface area contributed by atoms with Gasteiger partial charge >= 0.3 is 0 Å². The molecule has 4 rings (SSSR count). The monoisotopic (exact) mass is 482 g/mol. The fraction of sp³-hybridized carbons (Fsp3) is 0.292. The molecule has 1 aromatic heterocycles. The van der Waals surface area contributed by atoms with Gasteiger partial charge in [0.05, 0.1) is 4.58 Å². The fourth-order valence-corrected chi connectivity index (χ4v) is 6.20. The second-order valence-corrected chi connectivity index (χ2v) is 10.2. The normalized spacial score (nSPS) is 13.9. The lowest BCUT2D eigenvalue weighted by Crippen LogP contribution is -2.28. The summed E-state index contributed by atoms with van der Waals surface area (Å²) in [4.78, 5) is 24.3. The van der Waals surface area contributed by atoms with Crippen LogP contribution in [0, 0.1) is 0 Å². The predicted octanol–water partition coefficient (Wildman–Crippen LogP) is 4.09. The van der Waals surface area contributed by atoms with Crippen LogP contribution in [-0.4, -0.2) is 39.7 Å². The van der Waals surface area contributed by atoms with E-state index < -0.39 is 0 Å². The van der Waals surface area contributed by atoms with Gasteiger partial charge in [-0.15, -0.1) is 23.5 Å². The molecule has 1 saturated heterocycles. The molecule has 3 aromatic rings. The first kappa shape index (κ1) is 23.3. The third kappa shape index (κ3) is 7.30. The number of hydrogen-bond acceptors (Lipinski definition) is 6. The van der Waals surface area contributed by atoms with Gasteiger partial charge in [0.25, 0.3) is 5.91 Å². The van der Waals surface area contributed by atoms with Gasteiger partial charge in [-0.1, -0.05) is 24.3 Å². The van der Waals surface area contributed by atoms with Gasteiger partial charge in [-0.05, 0) is 59.4 Å². The van der Waals surface area contributed by atoms with Crippen LogP contribution in [0.2, 0.25) is 0 Å². The minimum absolute atomic E-state index is 0.0490. The summed E-state index contributed by atoms with van der Waals surface area (Å²) in [5.74, 6) is 2.72. The SMILES string of the molecule is O=C(COc1ccc(C2SCCCS2)cc1)NCc1cccc(NC(=O)Cn2cccn2)c1. The summed E-state index contributed by atoms with van der Waals surface area (Å²) < 4.78 is 7.68. The van der Waals surface area contributed by atoms with Crippen LogP contribution < -0.4 is 15.4 Å². The van der Waals surface area contributed by atoms with Crippen molar-refractivity contribution in [2.24, 2.45) is 0 Å². The molecular formula is C24H26N4O3S2. The van der Waals surface area contributed by atoms with Gasteiger partial charge in [-0.25, -0.2) is 0 Å². The number of nitrogens with one attached hydrogen (secondary N) is 2. The van der Waals surface area contributed by atoms with Crippen molar-refractivity contribution >= 4 is 41.0 Å². The average molecular weight is 483 g/mol. The van der Waals surface area contributed by atoms with Crippen molar-refractivity contribution in [2.45, 2.75) is 24.1 Å². The number of benzene rings is 2. The zero-order chi connectivity index (χ0) is 22.9. The van der Waals surface area contributed by atoms with Crippen molar-refractivity contribution in [1.29, 1.82) is 0 Å². The highest BCUT2D eigenvalue weighted by Crippen LogP contribution is 2.43. The maximum absolute atomic E-state index is 12.2. The van der Waals surface area contributed by atoms with E-state index in [1.165, 1.54) is 23.5 Å². The Kier molecular flexibility index (Phi) is 8.32. The van der Waals surface area contributed by atoms with Gasteiger partial charge in [-0.3, -0.25) is 14.3 Å². The summed E-state index contributed by atoms with van der Waals surface area (Å²) >= 11 is 3.96. The molecule has 1 aliphatic heterocycles. The molecule has 0 saturated carbocycles. The number of thioether (sulfide) groups is 2. The molecule has 0 unspecified atom stereocenters. The quantitative estimate of drug-likeness (QED) is 0.478. The topological polar surface area (TPSA) is 85.3 Å². The van der Waals surface area contributed by atoms with E-state index >= 15 is 0 Å². The van der Waals surface area contributed by atoms with Crippen LogP contribution in [0.1, 0.15) is 22.1 Å². The minimum Gasteiger partial charge on any atom is -0.484 e. The molecule has 2 aromatic carbocycles. The van der Waals surface area contributed by atoms with Gasteiger partial charge in [0.2, 0.25) is 5.91 Å². The zero-order valence-corrected chi connectivity index (χ0v) is 19.7. The van der Waals surface area contributed by atoms with E-state index in [4.69, 9.17) is 4.74 Å². The Balaban J connectivity index is 1.20. The fourth-order valence-electron chi connectivity index (χ4n) is 3.30. The first-order valence-corrected chi connectivity index (χ1v) is 12.8. The molecule has 0 atom stereocenters. The van der Waals surface area contributed by atoms with Crippen molar-refractivity contribution < 1.29 is 14.3 Å². The number of amides is 2. The Bertz CT molecular complexity index is 1050. The molecule has 33 heavy (non-hydrogen) atoms. The molecule has 2 amide bonds. The highest BCUT2D eigenvalue weighted by molar-refractivity contribution is 8.16. The number of ether oxygens (including phenoxy) is 1. The molecule has 0 radical (unpaired) electrons. The van der Waals surface area contributed by atoms with Crippen LogP contribution in [-0.2, 0) is 22.7 Å². The Hall–Kier alpha value is -2.91. The molecule has 172 valence electrons. The molecule has 1 aliphatic rings. The average Bonchev–Trinajstić information content (AvgIpc) is 3.35. The van der Waals surface area contributed by atoms with Gasteiger partial charge in [0.1, 0.15) is 12.3 Å². The summed E-state index contributed by atoms with van der Waals surface area (Å²) in [5.41, 5.74) is 2.84. The summed E-state index contributed by atoms with van der Waals surface area (Å²) in [6, 6.07) is 17.2. The zero-order valence-electron chi connectivity index (χ0n) is 18.1. The second-order valence-electron chi connectivity index (χ2n) is 7.51. The van der Waals surface area contributed by atoms with E-state index in [1.807, 2.05) is 59.9 Å². The van der Waals surface area contributed by atoms with E-state index in [1.54, 1.807) is 23.1 Å². The van der Waals surface area contributed by atoms with E-state index in [9.17, 15) is 9.59 Å². The standard InChI is InChI=1S/C24H26N4O3S2/c29-22(16-28-11-2-10-26-28)27-20-5-1-4-18(14-20)15-25-23(30)17-31-21-8-6-19(7-9-21)24-32-12-3-13-33-24/h1-2,4-11,14,24H,3,12-13,15-17H2,(H,25,30)(H,27,29). The van der Waals surface area contributed by atoms with E-state index in [2.05, 4.69) is 27.9 Å². The molecule has 2 heterocycles. The largest absolute Gasteiger partial charge is 0.484 e. The van der Waals surface area contributed by atoms with Crippen LogP contribution in [0.25, 0.3) is 0 Å². The van der Waals surface area contributed by atoms with Gasteiger partial charge in [-0.2, -0.15) is 5.10 Å². The van der Waals surface area contributed by atoms with Crippen LogP contribution in [0.5, 0.6) is 5.75 Å². The molecule has 0 bridgehead atoms. The molecule has 7 nitrogen and oxygen atoms in total. The summed E-state index contributed by atoms with van der Waals surface area (Å²) in [6.45, 7) is 0.442. The number of rotatable bonds is 9. The van der Waals surface area contributed by atoms with Crippen molar-refractivity contribution in [3.8, 4) is 5.75 Å². The Morgan fingerprint density at radius 1 is 1.06 bits per heavy atom. The lowest BCUT2D eigenvalue weighted by Gasteiger charge is -2.21. The number of aromatic nitrogens is 2. The van der Waals surface area contributed by atoms with Crippen LogP contribution >= 0.6 is 23.5 Å². The Morgan fingerprint density at radius 3 is 2.64 bits per heavy atom. The smallest absolute Gasteiger partial charge is 0.258 e. The van der Waals surface area contributed by atoms with Crippen molar-refractivity contribution in [2.75, 3.05) is 23.4 Å². The van der Waals surface area contributed by atoms with Crippen molar-refractivity contribution in [1.82, 2.24) is 15.1 Å². The third-order valence-corrected chi connectivity index (χ3v) is 7.93. The van der Waals surface area contributed by atoms with Crippen LogP contribution in [0.3, 0.4) is 0 Å². The van der Waals surface area contributed by atoms with Crippen molar-refractivity contribution in [3.63, 3.8) is 0 Å². The van der Waals surface area contributed by atoms with E-state index in [-0.39, 0.29) is 25.0 Å². The molecule has 0 aliphatic carbocycles. The number of carbonyl (C=O) groups is 2. The Morgan fingerprint density at radius 2 is 1.88 bits per heavy atom. The number of nitrogens with zero attached hydrogens (tertiary/aromatic N) is 2. The predicted molar refractivity (Wildman–Crippen MR) is 133 cm³/mol. The molecule has 1 fully saturated rings. The number of carbonyl (C=O) groups excluding carboxylic acids is 2. The summed E-state index contributed by atoms with van der Waals surface area (Å²) in [7, 11) is 0. The van der Waals surface area contributed by atoms with E-state index in [0.717, 1.165) is 5.56 Å². The number of hydrogen-bond donors (Lipinski definition) is 2. The first-order valence-electron chi connectivity index (χ1n) is 10.7. The molecule has 9 heteroatoms. The summed E-state index contributed by atoms with van der Waals surface area (Å²) in [5, 5.41) is 9.72. The minimum atomic E-state index is -0.203.